The summed E-state index contributed by atoms with van der Waals surface area (Å²) in [6, 6.07) is 8.14. The molecule has 0 saturated heterocycles. The van der Waals surface area contributed by atoms with E-state index < -0.39 is 4.92 Å². The molecule has 0 bridgehead atoms. The molecule has 1 heterocycles. The van der Waals surface area contributed by atoms with Crippen molar-refractivity contribution in [3.05, 3.63) is 55.7 Å². The zero-order valence-corrected chi connectivity index (χ0v) is 13.4. The number of anilines is 1. The van der Waals surface area contributed by atoms with E-state index in [9.17, 15) is 14.9 Å². The highest BCUT2D eigenvalue weighted by Gasteiger charge is 2.18. The fourth-order valence-electron chi connectivity index (χ4n) is 2.00. The molecule has 1 amide bonds. The molecule has 116 valence electrons. The van der Waals surface area contributed by atoms with Gasteiger partial charge in [0, 0.05) is 11.1 Å². The molecule has 22 heavy (non-hydrogen) atoms. The minimum Gasteiger partial charge on any atom is -0.325 e. The Morgan fingerprint density at radius 2 is 2.23 bits per heavy atom. The van der Waals surface area contributed by atoms with Gasteiger partial charge in [0.05, 0.1) is 16.8 Å². The molecule has 8 heteroatoms. The Kier molecular flexibility index (Phi) is 5.48. The first-order valence-electron chi connectivity index (χ1n) is 6.53. The highest BCUT2D eigenvalue weighted by Crippen LogP contribution is 2.27. The van der Waals surface area contributed by atoms with Crippen molar-refractivity contribution in [3.63, 3.8) is 0 Å². The van der Waals surface area contributed by atoms with E-state index in [1.807, 2.05) is 24.6 Å². The van der Waals surface area contributed by atoms with Crippen molar-refractivity contribution in [2.24, 2.45) is 0 Å². The number of halogens is 1. The highest BCUT2D eigenvalue weighted by molar-refractivity contribution is 7.09. The molecule has 0 spiro atoms. The largest absolute Gasteiger partial charge is 0.325 e. The number of likely N-dealkylation sites (N-methyl/N-ethyl adjacent to an activating group) is 1. The van der Waals surface area contributed by atoms with Crippen molar-refractivity contribution >= 4 is 40.2 Å². The summed E-state index contributed by atoms with van der Waals surface area (Å²) >= 11 is 7.37. The quantitative estimate of drug-likeness (QED) is 0.623. The van der Waals surface area contributed by atoms with Crippen LogP contribution in [-0.2, 0) is 11.3 Å². The minimum atomic E-state index is -0.566. The predicted octanol–water partition coefficient (Wildman–Crippen LogP) is 1.96. The fraction of sp³-hybridized carbons (Fsp3) is 0.214. The van der Waals surface area contributed by atoms with E-state index in [1.54, 1.807) is 11.3 Å². The Labute approximate surface area is 136 Å². The Morgan fingerprint density at radius 1 is 1.45 bits per heavy atom. The Balaban J connectivity index is 1.98. The van der Waals surface area contributed by atoms with Gasteiger partial charge >= 0.3 is 0 Å². The molecule has 6 nitrogen and oxygen atoms in total. The zero-order valence-electron chi connectivity index (χ0n) is 11.8. The number of nitro groups is 1. The minimum absolute atomic E-state index is 0.156. The zero-order chi connectivity index (χ0) is 16.1. The van der Waals surface area contributed by atoms with Crippen LogP contribution in [0.25, 0.3) is 0 Å². The summed E-state index contributed by atoms with van der Waals surface area (Å²) in [5, 5.41) is 15.8. The van der Waals surface area contributed by atoms with Crippen LogP contribution in [0, 0.1) is 10.1 Å². The van der Waals surface area contributed by atoms with E-state index in [4.69, 9.17) is 11.6 Å². The third kappa shape index (κ3) is 4.52. The van der Waals surface area contributed by atoms with Crippen molar-refractivity contribution in [1.29, 1.82) is 0 Å². The first-order valence-corrected chi connectivity index (χ1v) is 7.79. The second kappa shape index (κ2) is 7.35. The molecule has 0 aliphatic carbocycles. The van der Waals surface area contributed by atoms with Crippen molar-refractivity contribution in [1.82, 2.24) is 0 Å². The van der Waals surface area contributed by atoms with Crippen LogP contribution in [0.5, 0.6) is 0 Å². The van der Waals surface area contributed by atoms with Crippen LogP contribution >= 0.6 is 22.9 Å². The van der Waals surface area contributed by atoms with Gasteiger partial charge in [0.25, 0.3) is 11.6 Å². The van der Waals surface area contributed by atoms with Gasteiger partial charge < -0.3 is 10.2 Å². The number of thiophene rings is 1. The number of amides is 1. The van der Waals surface area contributed by atoms with Gasteiger partial charge in [0.15, 0.2) is 6.54 Å². The molecule has 0 radical (unpaired) electrons. The molecule has 0 aliphatic heterocycles. The van der Waals surface area contributed by atoms with Gasteiger partial charge in [0.2, 0.25) is 0 Å². The molecule has 2 aromatic rings. The van der Waals surface area contributed by atoms with Crippen LogP contribution in [0.3, 0.4) is 0 Å². The topological polar surface area (TPSA) is 76.7 Å². The lowest BCUT2D eigenvalue weighted by Crippen LogP contribution is -3.08. The van der Waals surface area contributed by atoms with E-state index >= 15 is 0 Å². The second-order valence-electron chi connectivity index (χ2n) is 4.86. The first kappa shape index (κ1) is 16.4. The number of hydrogen-bond acceptors (Lipinski definition) is 4. The summed E-state index contributed by atoms with van der Waals surface area (Å²) < 4.78 is 0. The van der Waals surface area contributed by atoms with Gasteiger partial charge in [-0.2, -0.15) is 0 Å². The predicted molar refractivity (Wildman–Crippen MR) is 86.5 cm³/mol. The summed E-state index contributed by atoms with van der Waals surface area (Å²) in [6.45, 7) is 0.950. The second-order valence-corrected chi connectivity index (χ2v) is 6.33. The van der Waals surface area contributed by atoms with Gasteiger partial charge in [-0.25, -0.2) is 0 Å². The smallest absolute Gasteiger partial charge is 0.294 e. The third-order valence-corrected chi connectivity index (χ3v) is 4.06. The number of benzene rings is 1. The lowest BCUT2D eigenvalue weighted by molar-refractivity contribution is -0.884. The van der Waals surface area contributed by atoms with Crippen LogP contribution in [0.4, 0.5) is 11.4 Å². The molecule has 0 saturated carbocycles. The Hall–Kier alpha value is -1.96. The number of carbonyl (C=O) groups is 1. The van der Waals surface area contributed by atoms with Crippen LogP contribution in [0.1, 0.15) is 4.88 Å². The molecule has 1 unspecified atom stereocenters. The number of quaternary nitrogens is 1. The van der Waals surface area contributed by atoms with Crippen LogP contribution in [-0.4, -0.2) is 24.4 Å². The molecule has 1 aromatic carbocycles. The maximum absolute atomic E-state index is 12.0. The van der Waals surface area contributed by atoms with E-state index in [0.29, 0.717) is 0 Å². The molecular weight excluding hydrogens is 326 g/mol. The molecular formula is C14H15ClN3O3S+. The van der Waals surface area contributed by atoms with Gasteiger partial charge in [-0.1, -0.05) is 17.7 Å². The monoisotopic (exact) mass is 340 g/mol. The average molecular weight is 341 g/mol. The number of hydrogen-bond donors (Lipinski definition) is 2. The normalized spacial score (nSPS) is 11.9. The molecule has 0 fully saturated rings. The number of nitro benzene ring substituents is 1. The number of nitrogens with zero attached hydrogens (tertiary/aromatic N) is 1. The van der Waals surface area contributed by atoms with Crippen LogP contribution in [0.2, 0.25) is 5.02 Å². The van der Waals surface area contributed by atoms with Crippen molar-refractivity contribution in [2.75, 3.05) is 18.9 Å². The molecule has 1 aromatic heterocycles. The highest BCUT2D eigenvalue weighted by atomic mass is 35.5. The summed E-state index contributed by atoms with van der Waals surface area (Å²) in [5.41, 5.74) is -0.0555. The van der Waals surface area contributed by atoms with Crippen molar-refractivity contribution in [3.8, 4) is 0 Å². The Bertz CT molecular complexity index is 676. The molecule has 2 N–H and O–H groups in total. The van der Waals surface area contributed by atoms with E-state index in [2.05, 4.69) is 5.32 Å². The molecule has 1 atom stereocenters. The molecule has 0 aliphatic rings. The van der Waals surface area contributed by atoms with Gasteiger partial charge in [-0.05, 0) is 23.6 Å². The summed E-state index contributed by atoms with van der Waals surface area (Å²) in [6.07, 6.45) is 0. The lowest BCUT2D eigenvalue weighted by atomic mass is 10.2. The van der Waals surface area contributed by atoms with Crippen molar-refractivity contribution < 1.29 is 14.6 Å². The lowest BCUT2D eigenvalue weighted by Gasteiger charge is -2.13. The SMILES string of the molecule is C[NH+](CC(=O)Nc1ccc(Cl)cc1[N+](=O)[O-])Cc1cccs1. The number of carbonyl (C=O) groups excluding carboxylic acids is 1. The fourth-order valence-corrected chi connectivity index (χ4v) is 2.99. The van der Waals surface area contributed by atoms with Crippen molar-refractivity contribution in [2.45, 2.75) is 6.54 Å². The van der Waals surface area contributed by atoms with Gasteiger partial charge in [0.1, 0.15) is 12.2 Å². The van der Waals surface area contributed by atoms with Gasteiger partial charge in [-0.15, -0.1) is 11.3 Å². The van der Waals surface area contributed by atoms with Gasteiger partial charge in [-0.3, -0.25) is 14.9 Å². The molecule has 2 rings (SSSR count). The summed E-state index contributed by atoms with van der Waals surface area (Å²) in [5.74, 6) is -0.278. The maximum atomic E-state index is 12.0. The van der Waals surface area contributed by atoms with Crippen LogP contribution < -0.4 is 10.2 Å². The van der Waals surface area contributed by atoms with E-state index in [0.717, 1.165) is 11.4 Å². The Morgan fingerprint density at radius 3 is 2.86 bits per heavy atom. The first-order chi connectivity index (χ1) is 10.5. The third-order valence-electron chi connectivity index (χ3n) is 2.95. The number of nitrogens with one attached hydrogen (secondary N) is 2. The van der Waals surface area contributed by atoms with Crippen LogP contribution in [0.15, 0.2) is 35.7 Å². The van der Waals surface area contributed by atoms with E-state index in [1.165, 1.54) is 23.1 Å². The summed E-state index contributed by atoms with van der Waals surface area (Å²) in [7, 11) is 1.90. The number of rotatable bonds is 6. The maximum Gasteiger partial charge on any atom is 0.294 e. The summed E-state index contributed by atoms with van der Waals surface area (Å²) in [4.78, 5) is 24.6. The standard InChI is InChI=1S/C14H14ClN3O3S/c1-17(8-11-3-2-6-22-11)9-14(19)16-12-5-4-10(15)7-13(12)18(20)21/h2-7H,8-9H2,1H3,(H,16,19)/p+1. The van der Waals surface area contributed by atoms with E-state index in [-0.39, 0.29) is 28.8 Å². The average Bonchev–Trinajstić information content (AvgIpc) is 2.93.